The van der Waals surface area contributed by atoms with Crippen LogP contribution in [-0.2, 0) is 9.53 Å². The second kappa shape index (κ2) is 8.10. The molecule has 0 aliphatic rings. The van der Waals surface area contributed by atoms with Crippen LogP contribution in [0, 0.1) is 13.8 Å². The van der Waals surface area contributed by atoms with E-state index in [1.54, 1.807) is 43.3 Å². The average Bonchev–Trinajstić information content (AvgIpc) is 2.61. The van der Waals surface area contributed by atoms with Crippen molar-refractivity contribution in [1.29, 1.82) is 0 Å². The Hall–Kier alpha value is -3.15. The predicted octanol–water partition coefficient (Wildman–Crippen LogP) is 2.66. The number of aryl methyl sites for hydroxylation is 2. The van der Waals surface area contributed by atoms with Crippen molar-refractivity contribution < 1.29 is 19.1 Å². The van der Waals surface area contributed by atoms with Crippen LogP contribution < -0.4 is 10.6 Å². The number of carbonyl (C=O) groups is 3. The predicted molar refractivity (Wildman–Crippen MR) is 93.1 cm³/mol. The highest BCUT2D eigenvalue weighted by atomic mass is 16.5. The van der Waals surface area contributed by atoms with Gasteiger partial charge in [-0.2, -0.15) is 0 Å². The van der Waals surface area contributed by atoms with Gasteiger partial charge in [-0.15, -0.1) is 0 Å². The minimum absolute atomic E-state index is 0.383. The number of nitrogens with one attached hydrogen (secondary N) is 2. The molecule has 0 bridgehead atoms. The first-order valence-corrected chi connectivity index (χ1v) is 7.78. The van der Waals surface area contributed by atoms with Gasteiger partial charge in [0.1, 0.15) is 0 Å². The van der Waals surface area contributed by atoms with Crippen molar-refractivity contribution in [1.82, 2.24) is 10.6 Å². The fraction of sp³-hybridized carbons (Fsp3) is 0.211. The third-order valence-electron chi connectivity index (χ3n) is 3.64. The topological polar surface area (TPSA) is 84.5 Å². The van der Waals surface area contributed by atoms with E-state index in [0.717, 1.165) is 11.1 Å². The standard InChI is InChI=1S/C19H20N2O4/c1-12-9-10-13(2)15(11-12)18(23)25-16(14-7-5-4-6-8-14)17(22)21-19(24)20-3/h4-11,16H,1-3H3,(H2,20,21,22,24)/t16-/m1/s1. The van der Waals surface area contributed by atoms with Gasteiger partial charge in [-0.25, -0.2) is 9.59 Å². The third-order valence-corrected chi connectivity index (χ3v) is 3.64. The molecule has 25 heavy (non-hydrogen) atoms. The molecule has 2 N–H and O–H groups in total. The van der Waals surface area contributed by atoms with Gasteiger partial charge in [0.25, 0.3) is 5.91 Å². The van der Waals surface area contributed by atoms with E-state index in [0.29, 0.717) is 11.1 Å². The molecular formula is C19H20N2O4. The second-order valence-corrected chi connectivity index (χ2v) is 5.58. The minimum atomic E-state index is -1.23. The molecule has 0 heterocycles. The van der Waals surface area contributed by atoms with Gasteiger partial charge in [-0.1, -0.05) is 48.0 Å². The highest BCUT2D eigenvalue weighted by molar-refractivity contribution is 5.99. The first-order chi connectivity index (χ1) is 11.9. The molecule has 2 aromatic carbocycles. The van der Waals surface area contributed by atoms with Crippen molar-refractivity contribution in [3.63, 3.8) is 0 Å². The third kappa shape index (κ3) is 4.67. The van der Waals surface area contributed by atoms with Gasteiger partial charge in [-0.3, -0.25) is 10.1 Å². The summed E-state index contributed by atoms with van der Waals surface area (Å²) in [4.78, 5) is 36.4. The van der Waals surface area contributed by atoms with Crippen LogP contribution >= 0.6 is 0 Å². The van der Waals surface area contributed by atoms with Crippen molar-refractivity contribution in [3.05, 3.63) is 70.8 Å². The Morgan fingerprint density at radius 2 is 1.68 bits per heavy atom. The molecule has 0 saturated carbocycles. The van der Waals surface area contributed by atoms with E-state index in [9.17, 15) is 14.4 Å². The normalized spacial score (nSPS) is 11.3. The zero-order valence-corrected chi connectivity index (χ0v) is 14.3. The average molecular weight is 340 g/mol. The van der Waals surface area contributed by atoms with Gasteiger partial charge >= 0.3 is 12.0 Å². The number of hydrogen-bond acceptors (Lipinski definition) is 4. The molecule has 0 radical (unpaired) electrons. The van der Waals surface area contributed by atoms with Crippen molar-refractivity contribution in [3.8, 4) is 0 Å². The molecule has 0 aromatic heterocycles. The van der Waals surface area contributed by atoms with E-state index in [1.807, 2.05) is 19.1 Å². The lowest BCUT2D eigenvalue weighted by molar-refractivity contribution is -0.129. The zero-order valence-electron chi connectivity index (χ0n) is 14.3. The molecule has 0 aliphatic carbocycles. The number of urea groups is 1. The van der Waals surface area contributed by atoms with Gasteiger partial charge in [0.05, 0.1) is 5.56 Å². The van der Waals surface area contributed by atoms with Gasteiger partial charge in [0, 0.05) is 12.6 Å². The Morgan fingerprint density at radius 3 is 2.32 bits per heavy atom. The van der Waals surface area contributed by atoms with E-state index >= 15 is 0 Å². The first kappa shape index (κ1) is 18.2. The van der Waals surface area contributed by atoms with Gasteiger partial charge in [0.15, 0.2) is 0 Å². The van der Waals surface area contributed by atoms with Crippen LogP contribution in [0.5, 0.6) is 0 Å². The fourth-order valence-corrected chi connectivity index (χ4v) is 2.27. The maximum absolute atomic E-state index is 12.6. The van der Waals surface area contributed by atoms with E-state index in [4.69, 9.17) is 4.74 Å². The minimum Gasteiger partial charge on any atom is -0.444 e. The Bertz CT molecular complexity index is 787. The number of carbonyl (C=O) groups excluding carboxylic acids is 3. The Balaban J connectivity index is 2.29. The fourth-order valence-electron chi connectivity index (χ4n) is 2.27. The highest BCUT2D eigenvalue weighted by Gasteiger charge is 2.27. The Labute approximate surface area is 146 Å². The van der Waals surface area contributed by atoms with Crippen molar-refractivity contribution in [2.24, 2.45) is 0 Å². The molecule has 1 atom stereocenters. The summed E-state index contributed by atoms with van der Waals surface area (Å²) < 4.78 is 5.43. The molecule has 0 unspecified atom stereocenters. The number of rotatable bonds is 4. The second-order valence-electron chi connectivity index (χ2n) is 5.58. The number of imide groups is 1. The first-order valence-electron chi connectivity index (χ1n) is 7.78. The van der Waals surface area contributed by atoms with Crippen molar-refractivity contribution in [2.75, 3.05) is 7.05 Å². The molecule has 2 aromatic rings. The molecule has 0 fully saturated rings. The van der Waals surface area contributed by atoms with Gasteiger partial charge < -0.3 is 10.1 Å². The largest absolute Gasteiger partial charge is 0.444 e. The summed E-state index contributed by atoms with van der Waals surface area (Å²) in [6.07, 6.45) is -1.23. The molecule has 6 nitrogen and oxygen atoms in total. The van der Waals surface area contributed by atoms with E-state index in [2.05, 4.69) is 10.6 Å². The summed E-state index contributed by atoms with van der Waals surface area (Å²) >= 11 is 0. The summed E-state index contributed by atoms with van der Waals surface area (Å²) in [5, 5.41) is 4.44. The number of benzene rings is 2. The monoisotopic (exact) mass is 340 g/mol. The summed E-state index contributed by atoms with van der Waals surface area (Å²) in [5.74, 6) is -1.34. The summed E-state index contributed by atoms with van der Waals surface area (Å²) in [6.45, 7) is 3.65. The molecule has 6 heteroatoms. The Morgan fingerprint density at radius 1 is 1.00 bits per heavy atom. The molecule has 3 amide bonds. The lowest BCUT2D eigenvalue weighted by atomic mass is 10.1. The van der Waals surface area contributed by atoms with Crippen molar-refractivity contribution in [2.45, 2.75) is 20.0 Å². The van der Waals surface area contributed by atoms with E-state index in [-0.39, 0.29) is 0 Å². The molecular weight excluding hydrogens is 320 g/mol. The maximum Gasteiger partial charge on any atom is 0.339 e. The Kier molecular flexibility index (Phi) is 5.89. The summed E-state index contributed by atoms with van der Waals surface area (Å²) in [7, 11) is 1.39. The smallest absolute Gasteiger partial charge is 0.339 e. The molecule has 0 spiro atoms. The van der Waals surface area contributed by atoms with Crippen LogP contribution in [0.3, 0.4) is 0 Å². The number of ether oxygens (including phenoxy) is 1. The van der Waals surface area contributed by atoms with Crippen LogP contribution in [-0.4, -0.2) is 25.0 Å². The van der Waals surface area contributed by atoms with Crippen LogP contribution in [0.15, 0.2) is 48.5 Å². The lowest BCUT2D eigenvalue weighted by Crippen LogP contribution is -2.41. The molecule has 2 rings (SSSR count). The summed E-state index contributed by atoms with van der Waals surface area (Å²) in [5.41, 5.74) is 2.51. The SMILES string of the molecule is CNC(=O)NC(=O)[C@H](OC(=O)c1cc(C)ccc1C)c1ccccc1. The van der Waals surface area contributed by atoms with Crippen LogP contribution in [0.2, 0.25) is 0 Å². The van der Waals surface area contributed by atoms with E-state index in [1.165, 1.54) is 7.05 Å². The lowest BCUT2D eigenvalue weighted by Gasteiger charge is -2.18. The highest BCUT2D eigenvalue weighted by Crippen LogP contribution is 2.21. The number of hydrogen-bond donors (Lipinski definition) is 2. The van der Waals surface area contributed by atoms with Crippen molar-refractivity contribution >= 4 is 17.9 Å². The summed E-state index contributed by atoms with van der Waals surface area (Å²) in [6, 6.07) is 13.3. The van der Waals surface area contributed by atoms with Crippen LogP contribution in [0.4, 0.5) is 4.79 Å². The quantitative estimate of drug-likeness (QED) is 0.838. The maximum atomic E-state index is 12.6. The molecule has 0 aliphatic heterocycles. The number of esters is 1. The van der Waals surface area contributed by atoms with Gasteiger partial charge in [-0.05, 0) is 25.5 Å². The zero-order chi connectivity index (χ0) is 18.4. The van der Waals surface area contributed by atoms with Crippen LogP contribution in [0.1, 0.15) is 33.2 Å². The molecule has 0 saturated heterocycles. The molecule has 130 valence electrons. The number of amides is 3. The van der Waals surface area contributed by atoms with Gasteiger partial charge in [0.2, 0.25) is 6.10 Å². The van der Waals surface area contributed by atoms with E-state index < -0.39 is 24.0 Å². The van der Waals surface area contributed by atoms with Crippen LogP contribution in [0.25, 0.3) is 0 Å².